The van der Waals surface area contributed by atoms with Gasteiger partial charge in [0.2, 0.25) is 0 Å². The molecule has 1 unspecified atom stereocenters. The van der Waals surface area contributed by atoms with Gasteiger partial charge in [0, 0.05) is 5.38 Å². The predicted octanol–water partition coefficient (Wildman–Crippen LogP) is 3.68. The average Bonchev–Trinajstić information content (AvgIpc) is 3.29. The van der Waals surface area contributed by atoms with Crippen molar-refractivity contribution in [3.8, 4) is 17.6 Å². The van der Waals surface area contributed by atoms with E-state index in [9.17, 15) is 9.59 Å². The van der Waals surface area contributed by atoms with Gasteiger partial charge in [-0.15, -0.1) is 11.3 Å². The molecule has 1 N–H and O–H groups in total. The summed E-state index contributed by atoms with van der Waals surface area (Å²) in [5, 5.41) is 14.1. The van der Waals surface area contributed by atoms with Gasteiger partial charge in [-0.1, -0.05) is 12.1 Å². The van der Waals surface area contributed by atoms with Crippen molar-refractivity contribution in [1.29, 1.82) is 5.26 Å². The molecule has 32 heavy (non-hydrogen) atoms. The first-order valence-electron chi connectivity index (χ1n) is 10.3. The molecule has 1 aromatic carbocycles. The van der Waals surface area contributed by atoms with Crippen molar-refractivity contribution in [2.24, 2.45) is 0 Å². The number of carbonyl (C=O) groups is 1. The second-order valence-electron chi connectivity index (χ2n) is 8.58. The number of hydrogen-bond donors (Lipinski definition) is 1. The SMILES string of the molecule is CC(C)(C)OC(=O)Cn1c(-c2cscn2)nc2c(c1=O)NC(c1ccc(C#N)cc1)CC2. The van der Waals surface area contributed by atoms with Crippen LogP contribution < -0.4 is 10.9 Å². The van der Waals surface area contributed by atoms with Gasteiger partial charge in [-0.3, -0.25) is 14.2 Å². The Bertz CT molecular complexity index is 1230. The van der Waals surface area contributed by atoms with Gasteiger partial charge in [-0.2, -0.15) is 5.26 Å². The Labute approximate surface area is 189 Å². The third-order valence-corrected chi connectivity index (χ3v) is 5.63. The van der Waals surface area contributed by atoms with Crippen molar-refractivity contribution >= 4 is 23.0 Å². The van der Waals surface area contributed by atoms with E-state index in [-0.39, 0.29) is 18.1 Å². The first-order valence-corrected chi connectivity index (χ1v) is 11.2. The molecule has 9 heteroatoms. The molecular formula is C23H23N5O3S. The van der Waals surface area contributed by atoms with Crippen LogP contribution in [0.1, 0.15) is 50.1 Å². The van der Waals surface area contributed by atoms with Crippen molar-refractivity contribution in [1.82, 2.24) is 14.5 Å². The number of thiazole rings is 1. The number of hydrogen-bond acceptors (Lipinski definition) is 8. The van der Waals surface area contributed by atoms with E-state index in [4.69, 9.17) is 15.0 Å². The van der Waals surface area contributed by atoms with E-state index in [1.165, 1.54) is 15.9 Å². The summed E-state index contributed by atoms with van der Waals surface area (Å²) in [4.78, 5) is 35.0. The second kappa shape index (κ2) is 8.55. The van der Waals surface area contributed by atoms with Gasteiger partial charge in [0.05, 0.1) is 28.9 Å². The summed E-state index contributed by atoms with van der Waals surface area (Å²) in [7, 11) is 0. The van der Waals surface area contributed by atoms with Crippen LogP contribution in [0.3, 0.4) is 0 Å². The van der Waals surface area contributed by atoms with Gasteiger partial charge in [0.15, 0.2) is 5.82 Å². The highest BCUT2D eigenvalue weighted by molar-refractivity contribution is 7.07. The standard InChI is InChI=1S/C23H23N5O3S/c1-23(2,3)31-19(29)11-28-21(18-12-32-13-25-18)27-17-9-8-16(26-20(17)22(28)30)15-6-4-14(10-24)5-7-15/h4-7,12-13,16,26H,8-9,11H2,1-3H3. The topological polar surface area (TPSA) is 110 Å². The monoisotopic (exact) mass is 449 g/mol. The van der Waals surface area contributed by atoms with Crippen LogP contribution in [0.25, 0.3) is 11.5 Å². The Morgan fingerprint density at radius 3 is 2.72 bits per heavy atom. The maximum absolute atomic E-state index is 13.5. The number of rotatable bonds is 4. The quantitative estimate of drug-likeness (QED) is 0.605. The third kappa shape index (κ3) is 4.55. The fraction of sp³-hybridized carbons (Fsp3) is 0.348. The van der Waals surface area contributed by atoms with Crippen molar-refractivity contribution in [3.63, 3.8) is 0 Å². The maximum Gasteiger partial charge on any atom is 0.326 e. The van der Waals surface area contributed by atoms with Gasteiger partial charge < -0.3 is 10.1 Å². The molecule has 0 radical (unpaired) electrons. The summed E-state index contributed by atoms with van der Waals surface area (Å²) >= 11 is 1.39. The van der Waals surface area contributed by atoms with Gasteiger partial charge in [0.25, 0.3) is 5.56 Å². The van der Waals surface area contributed by atoms with Crippen LogP contribution in [0, 0.1) is 11.3 Å². The highest BCUT2D eigenvalue weighted by Crippen LogP contribution is 2.31. The molecule has 0 bridgehead atoms. The lowest BCUT2D eigenvalue weighted by molar-refractivity contribution is -0.155. The van der Waals surface area contributed by atoms with Gasteiger partial charge in [0.1, 0.15) is 23.5 Å². The molecule has 164 valence electrons. The van der Waals surface area contributed by atoms with Gasteiger partial charge >= 0.3 is 5.97 Å². The molecule has 3 aromatic rings. The third-order valence-electron chi connectivity index (χ3n) is 5.04. The number of benzene rings is 1. The van der Waals surface area contributed by atoms with Crippen LogP contribution in [-0.4, -0.2) is 26.1 Å². The Kier molecular flexibility index (Phi) is 5.80. The Morgan fingerprint density at radius 2 is 2.09 bits per heavy atom. The number of anilines is 1. The van der Waals surface area contributed by atoms with E-state index >= 15 is 0 Å². The maximum atomic E-state index is 13.5. The minimum atomic E-state index is -0.665. The molecule has 3 heterocycles. The zero-order valence-corrected chi connectivity index (χ0v) is 18.9. The Hall–Kier alpha value is -3.51. The van der Waals surface area contributed by atoms with Crippen molar-refractivity contribution in [2.75, 3.05) is 5.32 Å². The molecule has 0 spiro atoms. The number of esters is 1. The number of nitriles is 1. The fourth-order valence-electron chi connectivity index (χ4n) is 3.66. The Balaban J connectivity index is 1.72. The Morgan fingerprint density at radius 1 is 1.34 bits per heavy atom. The van der Waals surface area contributed by atoms with Gasteiger partial charge in [-0.25, -0.2) is 9.97 Å². The number of fused-ring (bicyclic) bond motifs is 1. The molecule has 4 rings (SSSR count). The lowest BCUT2D eigenvalue weighted by Gasteiger charge is -2.28. The summed E-state index contributed by atoms with van der Waals surface area (Å²) < 4.78 is 6.76. The minimum absolute atomic E-state index is 0.0927. The van der Waals surface area contributed by atoms with Crippen LogP contribution in [0.5, 0.6) is 0 Å². The first kappa shape index (κ1) is 21.7. The molecule has 2 aromatic heterocycles. The van der Waals surface area contributed by atoms with Crippen LogP contribution in [-0.2, 0) is 22.5 Å². The molecule has 1 aliphatic heterocycles. The van der Waals surface area contributed by atoms with Crippen LogP contribution in [0.2, 0.25) is 0 Å². The molecule has 1 atom stereocenters. The van der Waals surface area contributed by atoms with Crippen molar-refractivity contribution in [3.05, 3.63) is 62.3 Å². The molecular weight excluding hydrogens is 426 g/mol. The molecule has 0 fully saturated rings. The smallest absolute Gasteiger partial charge is 0.326 e. The minimum Gasteiger partial charge on any atom is -0.459 e. The van der Waals surface area contributed by atoms with E-state index < -0.39 is 11.6 Å². The molecule has 1 aliphatic rings. The lowest BCUT2D eigenvalue weighted by Crippen LogP contribution is -2.35. The predicted molar refractivity (Wildman–Crippen MR) is 121 cm³/mol. The number of nitrogens with zero attached hydrogens (tertiary/aromatic N) is 4. The van der Waals surface area contributed by atoms with E-state index in [0.717, 1.165) is 12.0 Å². The lowest BCUT2D eigenvalue weighted by atomic mass is 9.96. The summed E-state index contributed by atoms with van der Waals surface area (Å²) in [5.74, 6) is -0.156. The number of aryl methyl sites for hydroxylation is 1. The van der Waals surface area contributed by atoms with Crippen LogP contribution in [0.4, 0.5) is 5.69 Å². The van der Waals surface area contributed by atoms with Crippen molar-refractivity contribution < 1.29 is 9.53 Å². The van der Waals surface area contributed by atoms with E-state index in [1.54, 1.807) is 43.8 Å². The highest BCUT2D eigenvalue weighted by Gasteiger charge is 2.28. The van der Waals surface area contributed by atoms with E-state index in [0.29, 0.717) is 34.9 Å². The largest absolute Gasteiger partial charge is 0.459 e. The molecule has 0 amide bonds. The normalized spacial score (nSPS) is 15.4. The number of nitrogens with one attached hydrogen (secondary N) is 1. The first-order chi connectivity index (χ1) is 15.2. The summed E-state index contributed by atoms with van der Waals surface area (Å²) in [6.07, 6.45) is 1.35. The zero-order chi connectivity index (χ0) is 22.9. The molecule has 0 saturated carbocycles. The van der Waals surface area contributed by atoms with E-state index in [1.807, 2.05) is 12.1 Å². The van der Waals surface area contributed by atoms with Crippen molar-refractivity contribution in [2.45, 2.75) is 51.8 Å². The number of carbonyl (C=O) groups excluding carboxylic acids is 1. The number of ether oxygens (including phenoxy) is 1. The zero-order valence-electron chi connectivity index (χ0n) is 18.1. The molecule has 0 saturated heterocycles. The second-order valence-corrected chi connectivity index (χ2v) is 9.30. The van der Waals surface area contributed by atoms with Crippen LogP contribution >= 0.6 is 11.3 Å². The van der Waals surface area contributed by atoms with Gasteiger partial charge in [-0.05, 0) is 51.3 Å². The summed E-state index contributed by atoms with van der Waals surface area (Å²) in [6.45, 7) is 5.09. The average molecular weight is 450 g/mol. The summed E-state index contributed by atoms with van der Waals surface area (Å²) in [5.41, 5.74) is 3.82. The fourth-order valence-corrected chi connectivity index (χ4v) is 4.19. The molecule has 0 aliphatic carbocycles. The number of aromatic nitrogens is 3. The highest BCUT2D eigenvalue weighted by atomic mass is 32.1. The van der Waals surface area contributed by atoms with E-state index in [2.05, 4.69) is 16.4 Å². The molecule has 8 nitrogen and oxygen atoms in total. The summed E-state index contributed by atoms with van der Waals surface area (Å²) in [6, 6.07) is 9.31. The van der Waals surface area contributed by atoms with Crippen LogP contribution in [0.15, 0.2) is 40.0 Å².